The van der Waals surface area contributed by atoms with Gasteiger partial charge in [0.25, 0.3) is 0 Å². The first-order valence-corrected chi connectivity index (χ1v) is 9.90. The fourth-order valence-corrected chi connectivity index (χ4v) is 3.66. The lowest BCUT2D eigenvalue weighted by Crippen LogP contribution is -2.37. The van der Waals surface area contributed by atoms with Gasteiger partial charge in [-0.25, -0.2) is 4.39 Å². The van der Waals surface area contributed by atoms with Gasteiger partial charge >= 0.3 is 0 Å². The zero-order valence-corrected chi connectivity index (χ0v) is 16.5. The van der Waals surface area contributed by atoms with Crippen molar-refractivity contribution in [2.75, 3.05) is 11.9 Å². The van der Waals surface area contributed by atoms with Gasteiger partial charge in [-0.05, 0) is 52.9 Å². The van der Waals surface area contributed by atoms with Crippen LogP contribution in [-0.2, 0) is 35.4 Å². The molecular formula is C24H22FN3O2. The molecular weight excluding hydrogens is 381 g/mol. The van der Waals surface area contributed by atoms with Gasteiger partial charge in [-0.15, -0.1) is 0 Å². The average Bonchev–Trinajstić information content (AvgIpc) is 2.75. The summed E-state index contributed by atoms with van der Waals surface area (Å²) in [5.74, 6) is -0.608. The van der Waals surface area contributed by atoms with E-state index in [0.29, 0.717) is 30.8 Å². The molecule has 5 nitrogen and oxygen atoms in total. The number of pyridine rings is 1. The molecule has 2 aromatic carbocycles. The Labute approximate surface area is 174 Å². The Balaban J connectivity index is 1.41. The van der Waals surface area contributed by atoms with E-state index in [-0.39, 0.29) is 24.1 Å². The monoisotopic (exact) mass is 403 g/mol. The molecule has 2 amide bonds. The lowest BCUT2D eigenvalue weighted by molar-refractivity contribution is -0.131. The number of anilines is 1. The van der Waals surface area contributed by atoms with Gasteiger partial charge in [0.2, 0.25) is 11.8 Å². The van der Waals surface area contributed by atoms with Crippen LogP contribution >= 0.6 is 0 Å². The molecule has 0 radical (unpaired) electrons. The molecule has 0 atom stereocenters. The number of fused-ring (bicyclic) bond motifs is 1. The minimum atomic E-state index is -0.388. The third-order valence-corrected chi connectivity index (χ3v) is 5.24. The molecule has 2 heterocycles. The number of carbonyl (C=O) groups is 2. The van der Waals surface area contributed by atoms with E-state index < -0.39 is 0 Å². The number of benzene rings is 2. The summed E-state index contributed by atoms with van der Waals surface area (Å²) < 4.78 is 13.8. The molecule has 0 fully saturated rings. The van der Waals surface area contributed by atoms with E-state index in [0.717, 1.165) is 17.5 Å². The number of nitrogens with zero attached hydrogens (tertiary/aromatic N) is 2. The van der Waals surface area contributed by atoms with Gasteiger partial charge in [-0.1, -0.05) is 30.3 Å². The molecule has 152 valence electrons. The van der Waals surface area contributed by atoms with E-state index >= 15 is 0 Å². The molecule has 0 bridgehead atoms. The highest BCUT2D eigenvalue weighted by Gasteiger charge is 2.21. The highest BCUT2D eigenvalue weighted by molar-refractivity contribution is 5.92. The van der Waals surface area contributed by atoms with Gasteiger partial charge in [0.1, 0.15) is 5.82 Å². The van der Waals surface area contributed by atoms with E-state index in [9.17, 15) is 14.0 Å². The predicted molar refractivity (Wildman–Crippen MR) is 112 cm³/mol. The van der Waals surface area contributed by atoms with E-state index in [1.54, 1.807) is 30.6 Å². The van der Waals surface area contributed by atoms with Crippen molar-refractivity contribution in [2.24, 2.45) is 0 Å². The summed E-state index contributed by atoms with van der Waals surface area (Å²) in [6, 6.07) is 15.7. The van der Waals surface area contributed by atoms with Gasteiger partial charge in [0.15, 0.2) is 0 Å². The predicted octanol–water partition coefficient (Wildman–Crippen LogP) is 3.53. The third-order valence-electron chi connectivity index (χ3n) is 5.24. The van der Waals surface area contributed by atoms with Crippen LogP contribution < -0.4 is 5.32 Å². The Morgan fingerprint density at radius 1 is 1.03 bits per heavy atom. The van der Waals surface area contributed by atoms with Crippen LogP contribution in [-0.4, -0.2) is 28.2 Å². The summed E-state index contributed by atoms with van der Waals surface area (Å²) in [5, 5.41) is 2.83. The quantitative estimate of drug-likeness (QED) is 0.709. The van der Waals surface area contributed by atoms with Gasteiger partial charge in [0.05, 0.1) is 12.8 Å². The number of hydrogen-bond acceptors (Lipinski definition) is 3. The minimum Gasteiger partial charge on any atom is -0.338 e. The molecule has 1 aliphatic rings. The number of aromatic nitrogens is 1. The van der Waals surface area contributed by atoms with Crippen LogP contribution in [0.3, 0.4) is 0 Å². The molecule has 1 aromatic heterocycles. The normalized spacial score (nSPS) is 12.9. The highest BCUT2D eigenvalue weighted by atomic mass is 19.1. The number of hydrogen-bond donors (Lipinski definition) is 1. The number of halogens is 1. The van der Waals surface area contributed by atoms with Gasteiger partial charge in [-0.3, -0.25) is 14.6 Å². The van der Waals surface area contributed by atoms with Gasteiger partial charge in [-0.2, -0.15) is 0 Å². The van der Waals surface area contributed by atoms with Crippen LogP contribution in [0.15, 0.2) is 67.0 Å². The second-order valence-corrected chi connectivity index (χ2v) is 7.40. The zero-order valence-electron chi connectivity index (χ0n) is 16.5. The molecule has 1 N–H and O–H groups in total. The van der Waals surface area contributed by atoms with Gasteiger partial charge in [0, 0.05) is 31.2 Å². The molecule has 6 heteroatoms. The molecule has 30 heavy (non-hydrogen) atoms. The van der Waals surface area contributed by atoms with Crippen LogP contribution in [0.1, 0.15) is 22.3 Å². The minimum absolute atomic E-state index is 0.0283. The van der Waals surface area contributed by atoms with Gasteiger partial charge < -0.3 is 10.2 Å². The number of rotatable bonds is 5. The van der Waals surface area contributed by atoms with Crippen molar-refractivity contribution in [3.63, 3.8) is 0 Å². The first-order chi connectivity index (χ1) is 14.6. The number of carbonyl (C=O) groups excluding carboxylic acids is 2. The average molecular weight is 403 g/mol. The Kier molecular flexibility index (Phi) is 5.84. The first-order valence-electron chi connectivity index (χ1n) is 9.90. The molecule has 0 aliphatic carbocycles. The number of amides is 2. The lowest BCUT2D eigenvalue weighted by Gasteiger charge is -2.29. The summed E-state index contributed by atoms with van der Waals surface area (Å²) >= 11 is 0. The summed E-state index contributed by atoms with van der Waals surface area (Å²) in [7, 11) is 0. The van der Waals surface area contributed by atoms with Crippen LogP contribution in [0.25, 0.3) is 0 Å². The SMILES string of the molecule is O=C(Cc1ccccc1F)Nc1ccc2c(c1)CN(C(=O)Cc1cccnc1)CC2. The van der Waals surface area contributed by atoms with Crippen molar-refractivity contribution in [1.82, 2.24) is 9.88 Å². The molecule has 3 aromatic rings. The fraction of sp³-hybridized carbons (Fsp3) is 0.208. The van der Waals surface area contributed by atoms with Crippen molar-refractivity contribution in [2.45, 2.75) is 25.8 Å². The molecule has 0 spiro atoms. The fourth-order valence-electron chi connectivity index (χ4n) is 3.66. The van der Waals surface area contributed by atoms with Crippen molar-refractivity contribution < 1.29 is 14.0 Å². The lowest BCUT2D eigenvalue weighted by atomic mass is 9.98. The van der Waals surface area contributed by atoms with Crippen LogP contribution in [0.2, 0.25) is 0 Å². The van der Waals surface area contributed by atoms with E-state index in [4.69, 9.17) is 0 Å². The second kappa shape index (κ2) is 8.86. The smallest absolute Gasteiger partial charge is 0.228 e. The highest BCUT2D eigenvalue weighted by Crippen LogP contribution is 2.23. The molecule has 1 aliphatic heterocycles. The van der Waals surface area contributed by atoms with Crippen LogP contribution in [0, 0.1) is 5.82 Å². The maximum absolute atomic E-state index is 13.8. The molecule has 4 rings (SSSR count). The third kappa shape index (κ3) is 4.71. The standard InChI is InChI=1S/C24H22FN3O2/c25-22-6-2-1-5-19(22)14-23(29)27-21-8-7-18-9-11-28(16-20(18)13-21)24(30)12-17-4-3-10-26-15-17/h1-8,10,13,15H,9,11-12,14,16H2,(H,27,29). The van der Waals surface area contributed by atoms with Crippen molar-refractivity contribution in [1.29, 1.82) is 0 Å². The molecule has 0 saturated carbocycles. The Morgan fingerprint density at radius 3 is 2.70 bits per heavy atom. The maximum Gasteiger partial charge on any atom is 0.228 e. The second-order valence-electron chi connectivity index (χ2n) is 7.40. The largest absolute Gasteiger partial charge is 0.338 e. The van der Waals surface area contributed by atoms with Crippen molar-refractivity contribution in [3.8, 4) is 0 Å². The Hall–Kier alpha value is -3.54. The summed E-state index contributed by atoms with van der Waals surface area (Å²) in [6.07, 6.45) is 4.46. The number of nitrogens with one attached hydrogen (secondary N) is 1. The molecule has 0 saturated heterocycles. The van der Waals surface area contributed by atoms with Crippen LogP contribution in [0.4, 0.5) is 10.1 Å². The topological polar surface area (TPSA) is 62.3 Å². The van der Waals surface area contributed by atoms with E-state index in [1.165, 1.54) is 11.6 Å². The van der Waals surface area contributed by atoms with Crippen molar-refractivity contribution >= 4 is 17.5 Å². The van der Waals surface area contributed by atoms with Crippen LogP contribution in [0.5, 0.6) is 0 Å². The molecule has 0 unspecified atom stereocenters. The Morgan fingerprint density at radius 2 is 1.90 bits per heavy atom. The van der Waals surface area contributed by atoms with Crippen molar-refractivity contribution in [3.05, 3.63) is 95.1 Å². The summed E-state index contributed by atoms with van der Waals surface area (Å²) in [6.45, 7) is 1.18. The zero-order chi connectivity index (χ0) is 20.9. The first kappa shape index (κ1) is 19.8. The Bertz CT molecular complexity index is 1070. The van der Waals surface area contributed by atoms with E-state index in [1.807, 2.05) is 35.2 Å². The maximum atomic E-state index is 13.8. The van der Waals surface area contributed by atoms with E-state index in [2.05, 4.69) is 10.3 Å². The summed E-state index contributed by atoms with van der Waals surface area (Å²) in [5.41, 5.74) is 4.09. The summed E-state index contributed by atoms with van der Waals surface area (Å²) in [4.78, 5) is 30.9.